The van der Waals surface area contributed by atoms with Crippen molar-refractivity contribution in [3.63, 3.8) is 0 Å². The number of benzene rings is 2. The standard InChI is InChI=1S/C23H21Cl2N3O4/c1-10-7-13(24)8-14-18(10)26-22(32)23(14)17-16(19(27-23)11(2)29)20(30)28(21(17)31)9-12-5-3-4-6-15(12)25/h3-8,11,16-17,19,27,29H,9H2,1-2H3,(H,26,32)/t11-,16-,17-,19-,23-/m0/s1. The number of likely N-dealkylation sites (tertiary alicyclic amines) is 1. The summed E-state index contributed by atoms with van der Waals surface area (Å²) in [7, 11) is 0. The molecule has 0 unspecified atom stereocenters. The molecule has 9 heteroatoms. The third-order valence-corrected chi connectivity index (χ3v) is 7.40. The van der Waals surface area contributed by atoms with Gasteiger partial charge in [0, 0.05) is 27.3 Å². The molecule has 0 radical (unpaired) electrons. The predicted molar refractivity (Wildman–Crippen MR) is 119 cm³/mol. The van der Waals surface area contributed by atoms with E-state index in [-0.39, 0.29) is 6.54 Å². The SMILES string of the molecule is Cc1cc(Cl)cc2c1NC(=O)[C@]21N[C@@H]([C@H](C)O)[C@H]2C(=O)N(Cc3ccccc3Cl)C(=O)[C@H]21. The molecule has 7 nitrogen and oxygen atoms in total. The van der Waals surface area contributed by atoms with Crippen LogP contribution in [0.25, 0.3) is 0 Å². The van der Waals surface area contributed by atoms with Crippen LogP contribution >= 0.6 is 23.2 Å². The minimum atomic E-state index is -1.50. The first kappa shape index (κ1) is 21.4. The second-order valence-corrected chi connectivity index (χ2v) is 9.52. The van der Waals surface area contributed by atoms with Crippen LogP contribution in [0.2, 0.25) is 10.0 Å². The number of carbonyl (C=O) groups is 3. The number of imide groups is 1. The number of carbonyl (C=O) groups excluding carboxylic acids is 3. The highest BCUT2D eigenvalue weighted by Gasteiger charge is 2.71. The van der Waals surface area contributed by atoms with Crippen LogP contribution < -0.4 is 10.6 Å². The molecule has 0 aliphatic carbocycles. The number of amides is 3. The van der Waals surface area contributed by atoms with Gasteiger partial charge in [-0.2, -0.15) is 0 Å². The maximum atomic E-state index is 13.7. The van der Waals surface area contributed by atoms with Gasteiger partial charge in [-0.25, -0.2) is 0 Å². The van der Waals surface area contributed by atoms with Crippen molar-refractivity contribution in [2.75, 3.05) is 5.32 Å². The number of rotatable bonds is 3. The minimum Gasteiger partial charge on any atom is -0.392 e. The van der Waals surface area contributed by atoms with Gasteiger partial charge in [0.05, 0.1) is 24.5 Å². The van der Waals surface area contributed by atoms with E-state index >= 15 is 0 Å². The van der Waals surface area contributed by atoms with Crippen molar-refractivity contribution < 1.29 is 19.5 Å². The summed E-state index contributed by atoms with van der Waals surface area (Å²) in [6, 6.07) is 9.56. The van der Waals surface area contributed by atoms with E-state index in [4.69, 9.17) is 23.2 Å². The Balaban J connectivity index is 1.65. The fourth-order valence-corrected chi connectivity index (χ4v) is 5.86. The van der Waals surface area contributed by atoms with Crippen LogP contribution in [-0.2, 0) is 26.5 Å². The fraction of sp³-hybridized carbons (Fsp3) is 0.348. The molecule has 5 rings (SSSR count). The average Bonchev–Trinajstić information content (AvgIpc) is 3.31. The number of nitrogens with zero attached hydrogens (tertiary/aromatic N) is 1. The molecule has 166 valence electrons. The smallest absolute Gasteiger partial charge is 0.250 e. The molecule has 3 heterocycles. The maximum absolute atomic E-state index is 13.7. The highest BCUT2D eigenvalue weighted by molar-refractivity contribution is 6.31. The van der Waals surface area contributed by atoms with E-state index in [0.29, 0.717) is 26.9 Å². The Morgan fingerprint density at radius 3 is 2.56 bits per heavy atom. The van der Waals surface area contributed by atoms with Crippen molar-refractivity contribution in [2.24, 2.45) is 11.8 Å². The molecule has 2 saturated heterocycles. The second kappa shape index (κ2) is 7.28. The lowest BCUT2D eigenvalue weighted by Crippen LogP contribution is -2.54. The van der Waals surface area contributed by atoms with Gasteiger partial charge in [0.1, 0.15) is 5.54 Å². The Morgan fingerprint density at radius 2 is 1.88 bits per heavy atom. The molecule has 0 saturated carbocycles. The molecule has 1 spiro atoms. The van der Waals surface area contributed by atoms with Crippen molar-refractivity contribution in [3.05, 3.63) is 63.1 Å². The molecule has 0 bridgehead atoms. The zero-order valence-corrected chi connectivity index (χ0v) is 18.9. The van der Waals surface area contributed by atoms with E-state index in [1.807, 2.05) is 6.92 Å². The Hall–Kier alpha value is -2.45. The van der Waals surface area contributed by atoms with Crippen LogP contribution in [0, 0.1) is 18.8 Å². The lowest BCUT2D eigenvalue weighted by atomic mass is 9.76. The first-order chi connectivity index (χ1) is 15.2. The fourth-order valence-electron chi connectivity index (χ4n) is 5.39. The van der Waals surface area contributed by atoms with Gasteiger partial charge in [-0.15, -0.1) is 0 Å². The normalized spacial score (nSPS) is 29.5. The van der Waals surface area contributed by atoms with Crippen LogP contribution in [-0.4, -0.2) is 39.9 Å². The van der Waals surface area contributed by atoms with Gasteiger partial charge in [0.2, 0.25) is 17.7 Å². The molecule has 32 heavy (non-hydrogen) atoms. The van der Waals surface area contributed by atoms with Gasteiger partial charge >= 0.3 is 0 Å². The van der Waals surface area contributed by atoms with Gasteiger partial charge in [-0.3, -0.25) is 24.6 Å². The zero-order chi connectivity index (χ0) is 22.9. The molecular weight excluding hydrogens is 453 g/mol. The van der Waals surface area contributed by atoms with Crippen LogP contribution in [0.15, 0.2) is 36.4 Å². The molecule has 2 fully saturated rings. The molecule has 2 aromatic carbocycles. The van der Waals surface area contributed by atoms with E-state index in [0.717, 1.165) is 10.5 Å². The van der Waals surface area contributed by atoms with Gasteiger partial charge in [0.15, 0.2) is 0 Å². The summed E-state index contributed by atoms with van der Waals surface area (Å²) in [6.07, 6.45) is -0.976. The van der Waals surface area contributed by atoms with Crippen LogP contribution in [0.1, 0.15) is 23.6 Å². The number of aliphatic hydroxyl groups excluding tert-OH is 1. The average molecular weight is 474 g/mol. The number of fused-ring (bicyclic) bond motifs is 4. The molecule has 2 aromatic rings. The van der Waals surface area contributed by atoms with E-state index in [1.165, 1.54) is 0 Å². The number of halogens is 2. The lowest BCUT2D eigenvalue weighted by molar-refractivity contribution is -0.143. The van der Waals surface area contributed by atoms with Gasteiger partial charge in [0.25, 0.3) is 0 Å². The summed E-state index contributed by atoms with van der Waals surface area (Å²) in [5, 5.41) is 17.4. The summed E-state index contributed by atoms with van der Waals surface area (Å²) in [5.41, 5.74) is 0.968. The van der Waals surface area contributed by atoms with E-state index < -0.39 is 47.2 Å². The molecule has 3 amide bonds. The zero-order valence-electron chi connectivity index (χ0n) is 17.4. The van der Waals surface area contributed by atoms with Crippen molar-refractivity contribution in [1.82, 2.24) is 10.2 Å². The van der Waals surface area contributed by atoms with Gasteiger partial charge < -0.3 is 10.4 Å². The van der Waals surface area contributed by atoms with Gasteiger partial charge in [-0.05, 0) is 43.2 Å². The highest BCUT2D eigenvalue weighted by atomic mass is 35.5. The van der Waals surface area contributed by atoms with Crippen LogP contribution in [0.5, 0.6) is 0 Å². The Labute approximate surface area is 194 Å². The topological polar surface area (TPSA) is 98.7 Å². The van der Waals surface area contributed by atoms with E-state index in [9.17, 15) is 19.5 Å². The molecule has 0 aromatic heterocycles. The highest BCUT2D eigenvalue weighted by Crippen LogP contribution is 2.54. The number of anilines is 1. The minimum absolute atomic E-state index is 0.00397. The Bertz CT molecular complexity index is 1180. The maximum Gasteiger partial charge on any atom is 0.250 e. The Kier molecular flexibility index (Phi) is 4.87. The quantitative estimate of drug-likeness (QED) is 0.595. The van der Waals surface area contributed by atoms with Crippen LogP contribution in [0.3, 0.4) is 0 Å². The van der Waals surface area contributed by atoms with E-state index in [1.54, 1.807) is 43.3 Å². The van der Waals surface area contributed by atoms with Crippen molar-refractivity contribution in [1.29, 1.82) is 0 Å². The molecule has 5 atom stereocenters. The van der Waals surface area contributed by atoms with Crippen molar-refractivity contribution >= 4 is 46.6 Å². The summed E-state index contributed by atoms with van der Waals surface area (Å²) in [5.74, 6) is -3.26. The molecular formula is C23H21Cl2N3O4. The number of hydrogen-bond donors (Lipinski definition) is 3. The molecule has 3 aliphatic rings. The van der Waals surface area contributed by atoms with Crippen LogP contribution in [0.4, 0.5) is 5.69 Å². The number of aryl methyl sites for hydroxylation is 1. The number of hydrogen-bond acceptors (Lipinski definition) is 5. The second-order valence-electron chi connectivity index (χ2n) is 8.68. The first-order valence-electron chi connectivity index (χ1n) is 10.3. The van der Waals surface area contributed by atoms with Crippen molar-refractivity contribution in [3.8, 4) is 0 Å². The molecule has 3 N–H and O–H groups in total. The monoisotopic (exact) mass is 473 g/mol. The van der Waals surface area contributed by atoms with Crippen molar-refractivity contribution in [2.45, 2.75) is 38.1 Å². The summed E-state index contributed by atoms with van der Waals surface area (Å²) < 4.78 is 0. The molecule has 3 aliphatic heterocycles. The van der Waals surface area contributed by atoms with Gasteiger partial charge in [-0.1, -0.05) is 41.4 Å². The predicted octanol–water partition coefficient (Wildman–Crippen LogP) is 2.60. The third-order valence-electron chi connectivity index (χ3n) is 6.82. The largest absolute Gasteiger partial charge is 0.392 e. The third kappa shape index (κ3) is 2.78. The summed E-state index contributed by atoms with van der Waals surface area (Å²) in [6.45, 7) is 3.35. The summed E-state index contributed by atoms with van der Waals surface area (Å²) >= 11 is 12.6. The van der Waals surface area contributed by atoms with E-state index in [2.05, 4.69) is 10.6 Å². The lowest BCUT2D eigenvalue weighted by Gasteiger charge is -2.30. The Morgan fingerprint density at radius 1 is 1.16 bits per heavy atom. The summed E-state index contributed by atoms with van der Waals surface area (Å²) in [4.78, 5) is 41.7. The number of nitrogens with one attached hydrogen (secondary N) is 2. The number of aliphatic hydroxyl groups is 1. The first-order valence-corrected chi connectivity index (χ1v) is 11.1.